The lowest BCUT2D eigenvalue weighted by Crippen LogP contribution is -2.39. The molecule has 1 aromatic carbocycles. The largest absolute Gasteiger partial charge is 0.481 e. The molecule has 1 aromatic heterocycles. The van der Waals surface area contributed by atoms with E-state index in [9.17, 15) is 9.90 Å². The summed E-state index contributed by atoms with van der Waals surface area (Å²) in [7, 11) is 0. The highest BCUT2D eigenvalue weighted by Gasteiger charge is 2.34. The van der Waals surface area contributed by atoms with Crippen LogP contribution in [0.25, 0.3) is 11.0 Å². The second-order valence-electron chi connectivity index (χ2n) is 5.19. The number of hydrogen-bond acceptors (Lipinski definition) is 3. The molecular formula is C16H21NO3. The lowest BCUT2D eigenvalue weighted by Gasteiger charge is -2.27. The van der Waals surface area contributed by atoms with Crippen molar-refractivity contribution in [3.8, 4) is 0 Å². The summed E-state index contributed by atoms with van der Waals surface area (Å²) in [5.41, 5.74) is 1.33. The first-order valence-corrected chi connectivity index (χ1v) is 7.01. The van der Waals surface area contributed by atoms with Gasteiger partial charge in [0.05, 0.1) is 11.7 Å². The van der Waals surface area contributed by atoms with Crippen LogP contribution in [-0.4, -0.2) is 17.6 Å². The zero-order chi connectivity index (χ0) is 14.6. The van der Waals surface area contributed by atoms with Crippen LogP contribution < -0.4 is 5.32 Å². The molecule has 2 aromatic rings. The number of hydrogen-bond donors (Lipinski definition) is 2. The number of furan rings is 1. The Bertz CT molecular complexity index is 584. The smallest absolute Gasteiger partial charge is 0.310 e. The van der Waals surface area contributed by atoms with Crippen LogP contribution in [0.3, 0.4) is 0 Å². The summed E-state index contributed by atoms with van der Waals surface area (Å²) in [6.07, 6.45) is 2.94. The summed E-state index contributed by atoms with van der Waals surface area (Å²) >= 11 is 0. The van der Waals surface area contributed by atoms with Crippen molar-refractivity contribution in [3.63, 3.8) is 0 Å². The Balaban J connectivity index is 1.99. The molecule has 4 nitrogen and oxygen atoms in total. The third-order valence-corrected chi connectivity index (χ3v) is 4.12. The van der Waals surface area contributed by atoms with Gasteiger partial charge in [0, 0.05) is 18.5 Å². The fourth-order valence-corrected chi connectivity index (χ4v) is 2.45. The van der Waals surface area contributed by atoms with Crippen molar-refractivity contribution < 1.29 is 14.3 Å². The van der Waals surface area contributed by atoms with Crippen LogP contribution in [0.2, 0.25) is 0 Å². The van der Waals surface area contributed by atoms with Gasteiger partial charge in [-0.2, -0.15) is 0 Å². The van der Waals surface area contributed by atoms with Crippen LogP contribution in [0.1, 0.15) is 32.3 Å². The number of carboxylic acids is 1. The number of nitrogens with one attached hydrogen (secondary N) is 1. The fraction of sp³-hybridized carbons (Fsp3) is 0.438. The number of fused-ring (bicyclic) bond motifs is 1. The summed E-state index contributed by atoms with van der Waals surface area (Å²) in [6, 6.07) is 7.93. The molecule has 0 radical (unpaired) electrons. The molecule has 0 atom stereocenters. The van der Waals surface area contributed by atoms with Gasteiger partial charge in [0.25, 0.3) is 0 Å². The van der Waals surface area contributed by atoms with E-state index in [-0.39, 0.29) is 0 Å². The third-order valence-electron chi connectivity index (χ3n) is 4.12. The van der Waals surface area contributed by atoms with Crippen LogP contribution in [0, 0.1) is 5.41 Å². The summed E-state index contributed by atoms with van der Waals surface area (Å²) < 4.78 is 5.30. The molecule has 0 bridgehead atoms. The van der Waals surface area contributed by atoms with Gasteiger partial charge in [-0.1, -0.05) is 19.9 Å². The van der Waals surface area contributed by atoms with E-state index in [1.807, 2.05) is 32.0 Å². The molecular weight excluding hydrogens is 254 g/mol. The van der Waals surface area contributed by atoms with Crippen LogP contribution in [-0.2, 0) is 11.3 Å². The van der Waals surface area contributed by atoms with E-state index in [1.165, 1.54) is 0 Å². The lowest BCUT2D eigenvalue weighted by molar-refractivity contribution is -0.149. The normalized spacial score (nSPS) is 11.9. The molecule has 2 N–H and O–H groups in total. The van der Waals surface area contributed by atoms with Crippen LogP contribution >= 0.6 is 0 Å². The van der Waals surface area contributed by atoms with E-state index in [4.69, 9.17) is 4.42 Å². The Kier molecular flexibility index (Phi) is 4.45. The molecule has 0 unspecified atom stereocenters. The van der Waals surface area contributed by atoms with E-state index >= 15 is 0 Å². The monoisotopic (exact) mass is 275 g/mol. The first-order chi connectivity index (χ1) is 9.61. The molecule has 2 rings (SSSR count). The van der Waals surface area contributed by atoms with E-state index in [1.54, 1.807) is 6.26 Å². The highest BCUT2D eigenvalue weighted by Crippen LogP contribution is 2.26. The summed E-state index contributed by atoms with van der Waals surface area (Å²) in [5.74, 6) is -0.722. The summed E-state index contributed by atoms with van der Waals surface area (Å²) in [5, 5.41) is 13.7. The number of carbonyl (C=O) groups is 1. The van der Waals surface area contributed by atoms with Crippen molar-refractivity contribution in [2.45, 2.75) is 33.2 Å². The zero-order valence-corrected chi connectivity index (χ0v) is 12.0. The summed E-state index contributed by atoms with van der Waals surface area (Å²) in [4.78, 5) is 11.4. The van der Waals surface area contributed by atoms with Gasteiger partial charge in [-0.25, -0.2) is 0 Å². The Hall–Kier alpha value is -1.81. The van der Waals surface area contributed by atoms with Gasteiger partial charge in [0.15, 0.2) is 0 Å². The topological polar surface area (TPSA) is 62.5 Å². The maximum atomic E-state index is 11.4. The van der Waals surface area contributed by atoms with Gasteiger partial charge < -0.3 is 14.8 Å². The maximum Gasteiger partial charge on any atom is 0.310 e. The van der Waals surface area contributed by atoms with Gasteiger partial charge >= 0.3 is 5.97 Å². The van der Waals surface area contributed by atoms with Gasteiger partial charge in [0.2, 0.25) is 0 Å². The van der Waals surface area contributed by atoms with Gasteiger partial charge in [-0.15, -0.1) is 0 Å². The molecule has 0 fully saturated rings. The first kappa shape index (κ1) is 14.6. The third kappa shape index (κ3) is 2.85. The quantitative estimate of drug-likeness (QED) is 0.812. The van der Waals surface area contributed by atoms with Crippen molar-refractivity contribution in [2.24, 2.45) is 5.41 Å². The first-order valence-electron chi connectivity index (χ1n) is 7.01. The molecule has 0 aliphatic carbocycles. The fourth-order valence-electron chi connectivity index (χ4n) is 2.45. The highest BCUT2D eigenvalue weighted by molar-refractivity contribution is 5.77. The number of rotatable bonds is 7. The predicted molar refractivity (Wildman–Crippen MR) is 78.6 cm³/mol. The molecule has 0 amide bonds. The maximum absolute atomic E-state index is 11.4. The van der Waals surface area contributed by atoms with Gasteiger partial charge in [0.1, 0.15) is 5.58 Å². The molecule has 0 saturated carbocycles. The van der Waals surface area contributed by atoms with Crippen LogP contribution in [0.4, 0.5) is 0 Å². The molecule has 0 aliphatic heterocycles. The van der Waals surface area contributed by atoms with Crippen LogP contribution in [0.5, 0.6) is 0 Å². The van der Waals surface area contributed by atoms with Crippen molar-refractivity contribution in [2.75, 3.05) is 6.54 Å². The minimum Gasteiger partial charge on any atom is -0.481 e. The van der Waals surface area contributed by atoms with Crippen LogP contribution in [0.15, 0.2) is 34.9 Å². The molecule has 0 aliphatic rings. The molecule has 0 saturated heterocycles. The second-order valence-corrected chi connectivity index (χ2v) is 5.19. The number of benzene rings is 1. The predicted octanol–water partition coefficient (Wildman–Crippen LogP) is 3.41. The number of aliphatic carboxylic acids is 1. The molecule has 108 valence electrons. The molecule has 1 heterocycles. The minimum atomic E-state index is -0.722. The Labute approximate surface area is 118 Å². The number of carboxylic acid groups (broad SMARTS) is 1. The standard InChI is InChI=1S/C16H21NO3/c1-3-16(4-2,15(18)19)11-17-10-12-5-6-14-13(9-12)7-8-20-14/h5-9,17H,3-4,10-11H2,1-2H3,(H,18,19). The average Bonchev–Trinajstić information content (AvgIpc) is 2.91. The van der Waals surface area contributed by atoms with E-state index < -0.39 is 11.4 Å². The molecule has 20 heavy (non-hydrogen) atoms. The van der Waals surface area contributed by atoms with Crippen molar-refractivity contribution in [1.29, 1.82) is 0 Å². The van der Waals surface area contributed by atoms with Crippen molar-refractivity contribution in [3.05, 3.63) is 36.1 Å². The SMILES string of the molecule is CCC(CC)(CNCc1ccc2occc2c1)C(=O)O. The second kappa shape index (κ2) is 6.09. The Morgan fingerprint density at radius 1 is 1.30 bits per heavy atom. The lowest BCUT2D eigenvalue weighted by atomic mass is 9.82. The Morgan fingerprint density at radius 3 is 2.70 bits per heavy atom. The van der Waals surface area contributed by atoms with Gasteiger partial charge in [-0.3, -0.25) is 4.79 Å². The van der Waals surface area contributed by atoms with Crippen molar-refractivity contribution >= 4 is 16.9 Å². The molecule has 4 heteroatoms. The van der Waals surface area contributed by atoms with E-state index in [2.05, 4.69) is 11.4 Å². The van der Waals surface area contributed by atoms with Crippen molar-refractivity contribution in [1.82, 2.24) is 5.32 Å². The zero-order valence-electron chi connectivity index (χ0n) is 12.0. The average molecular weight is 275 g/mol. The summed E-state index contributed by atoms with van der Waals surface area (Å²) in [6.45, 7) is 5.00. The van der Waals surface area contributed by atoms with Gasteiger partial charge in [-0.05, 0) is 36.6 Å². The Morgan fingerprint density at radius 2 is 2.05 bits per heavy atom. The molecule has 0 spiro atoms. The highest BCUT2D eigenvalue weighted by atomic mass is 16.4. The minimum absolute atomic E-state index is 0.485. The van der Waals surface area contributed by atoms with E-state index in [0.717, 1.165) is 16.5 Å². The van der Waals surface area contributed by atoms with E-state index in [0.29, 0.717) is 25.9 Å².